The van der Waals surface area contributed by atoms with Crippen molar-refractivity contribution in [3.8, 4) is 0 Å². The van der Waals surface area contributed by atoms with Crippen molar-refractivity contribution in [3.05, 3.63) is 11.9 Å². The first kappa shape index (κ1) is 23.2. The monoisotopic (exact) mass is 453 g/mol. The molecule has 0 aliphatic heterocycles. The van der Waals surface area contributed by atoms with Gasteiger partial charge in [0.25, 0.3) is 0 Å². The lowest BCUT2D eigenvalue weighted by molar-refractivity contribution is -0.130. The van der Waals surface area contributed by atoms with Crippen molar-refractivity contribution in [3.63, 3.8) is 0 Å². The number of Topliss-reactive ketones (excluding diaryl/α,β-unsaturated/α-hetero) is 2. The zero-order valence-electron chi connectivity index (χ0n) is 21.2. The summed E-state index contributed by atoms with van der Waals surface area (Å²) in [5.41, 5.74) is 1.45. The van der Waals surface area contributed by atoms with Crippen molar-refractivity contribution in [1.29, 1.82) is 0 Å². The Bertz CT molecular complexity index is 838. The molecule has 0 aromatic carbocycles. The predicted octanol–water partition coefficient (Wildman–Crippen LogP) is 5.66. The van der Waals surface area contributed by atoms with Gasteiger partial charge < -0.3 is 0 Å². The first-order chi connectivity index (χ1) is 15.7. The average Bonchev–Trinajstić information content (AvgIpc) is 3.43. The van der Waals surface area contributed by atoms with Crippen LogP contribution >= 0.6 is 0 Å². The topological polar surface area (TPSA) is 64.8 Å². The summed E-state index contributed by atoms with van der Waals surface area (Å²) in [6.45, 7) is 10.4. The highest BCUT2D eigenvalue weighted by atomic mass is 16.1. The van der Waals surface area contributed by atoms with E-state index in [-0.39, 0.29) is 16.7 Å². The molecule has 4 fully saturated rings. The van der Waals surface area contributed by atoms with Crippen LogP contribution in [0.3, 0.4) is 0 Å². The maximum atomic E-state index is 12.5. The van der Waals surface area contributed by atoms with Crippen molar-refractivity contribution in [1.82, 2.24) is 15.0 Å². The molecular formula is C28H43N3O2. The quantitative estimate of drug-likeness (QED) is 0.557. The molecule has 182 valence electrons. The molecule has 0 unspecified atom stereocenters. The van der Waals surface area contributed by atoms with Gasteiger partial charge in [0.15, 0.2) is 0 Å². The summed E-state index contributed by atoms with van der Waals surface area (Å²) in [5, 5.41) is 9.06. The van der Waals surface area contributed by atoms with Crippen LogP contribution in [-0.2, 0) is 22.6 Å². The second-order valence-electron chi connectivity index (χ2n) is 12.7. The number of ketones is 2. The third-order valence-electron chi connectivity index (χ3n) is 10.8. The van der Waals surface area contributed by atoms with Crippen LogP contribution in [0.5, 0.6) is 0 Å². The van der Waals surface area contributed by atoms with Crippen molar-refractivity contribution < 1.29 is 9.59 Å². The predicted molar refractivity (Wildman–Crippen MR) is 128 cm³/mol. The largest absolute Gasteiger partial charge is 0.299 e. The Morgan fingerprint density at radius 3 is 2.03 bits per heavy atom. The lowest BCUT2D eigenvalue weighted by atomic mass is 9.62. The van der Waals surface area contributed by atoms with Gasteiger partial charge in [0.05, 0.1) is 5.69 Å². The van der Waals surface area contributed by atoms with Gasteiger partial charge in [-0.15, -0.1) is 5.10 Å². The minimum absolute atomic E-state index is 0.179. The first-order valence-electron chi connectivity index (χ1n) is 13.7. The Morgan fingerprint density at radius 2 is 1.45 bits per heavy atom. The van der Waals surface area contributed by atoms with Crippen LogP contribution in [0, 0.1) is 46.3 Å². The Hall–Kier alpha value is -1.52. The summed E-state index contributed by atoms with van der Waals surface area (Å²) in [7, 11) is 0. The number of fused-ring (bicyclic) bond motifs is 2. The molecule has 0 bridgehead atoms. The molecular weight excluding hydrogens is 410 g/mol. The number of carbonyl (C=O) groups is 2. The normalized spacial score (nSPS) is 40.5. The van der Waals surface area contributed by atoms with E-state index in [0.717, 1.165) is 57.2 Å². The van der Waals surface area contributed by atoms with Gasteiger partial charge in [-0.3, -0.25) is 14.3 Å². The Labute approximate surface area is 199 Å². The number of rotatable bonds is 6. The van der Waals surface area contributed by atoms with Crippen molar-refractivity contribution in [2.75, 3.05) is 0 Å². The molecule has 1 aromatic rings. The highest BCUT2D eigenvalue weighted by Crippen LogP contribution is 2.58. The fourth-order valence-corrected chi connectivity index (χ4v) is 9.23. The van der Waals surface area contributed by atoms with E-state index in [9.17, 15) is 9.59 Å². The maximum Gasteiger partial charge on any atom is 0.136 e. The summed E-state index contributed by atoms with van der Waals surface area (Å²) in [4.78, 5) is 25.0. The molecule has 1 heterocycles. The van der Waals surface area contributed by atoms with Crippen LogP contribution in [0.25, 0.3) is 0 Å². The van der Waals surface area contributed by atoms with Gasteiger partial charge in [0.1, 0.15) is 11.6 Å². The standard InChI is InChI=1S/C28H43N3O2/c1-18(21-9-11-23-25(32)7-5-13-27(21,23)3)15-20-17-31(30-29-20)16-19(2)22-10-12-24-26(33)8-6-14-28(22,24)4/h17-19,21-24H,5-16H2,1-4H3/t18-,19-,21-,22-,23+,24+,27-,28-/m1/s1. The molecule has 4 aliphatic carbocycles. The van der Waals surface area contributed by atoms with Crippen molar-refractivity contribution in [2.24, 2.45) is 46.3 Å². The van der Waals surface area contributed by atoms with Gasteiger partial charge in [0.2, 0.25) is 0 Å². The smallest absolute Gasteiger partial charge is 0.136 e. The highest BCUT2D eigenvalue weighted by molar-refractivity contribution is 5.83. The summed E-state index contributed by atoms with van der Waals surface area (Å²) in [5.74, 6) is 3.83. The maximum absolute atomic E-state index is 12.5. The lowest BCUT2D eigenvalue weighted by Gasteiger charge is -2.42. The van der Waals surface area contributed by atoms with E-state index in [1.807, 2.05) is 0 Å². The highest BCUT2D eigenvalue weighted by Gasteiger charge is 2.53. The van der Waals surface area contributed by atoms with Crippen LogP contribution in [0.15, 0.2) is 6.20 Å². The van der Waals surface area contributed by atoms with E-state index < -0.39 is 0 Å². The Balaban J connectivity index is 1.21. The van der Waals surface area contributed by atoms with E-state index >= 15 is 0 Å². The third-order valence-corrected chi connectivity index (χ3v) is 10.8. The Morgan fingerprint density at radius 1 is 0.909 bits per heavy atom. The minimum Gasteiger partial charge on any atom is -0.299 e. The van der Waals surface area contributed by atoms with Crippen LogP contribution in [0.1, 0.15) is 97.6 Å². The molecule has 8 atom stereocenters. The van der Waals surface area contributed by atoms with E-state index in [1.165, 1.54) is 25.7 Å². The lowest BCUT2D eigenvalue weighted by Crippen LogP contribution is -2.40. The van der Waals surface area contributed by atoms with Gasteiger partial charge in [-0.05, 0) is 92.3 Å². The van der Waals surface area contributed by atoms with E-state index in [4.69, 9.17) is 0 Å². The van der Waals surface area contributed by atoms with E-state index in [0.29, 0.717) is 41.2 Å². The molecule has 0 radical (unpaired) electrons. The van der Waals surface area contributed by atoms with Gasteiger partial charge in [-0.1, -0.05) is 32.9 Å². The zero-order chi connectivity index (χ0) is 23.4. The fraction of sp³-hybridized carbons (Fsp3) is 0.857. The molecule has 4 saturated carbocycles. The van der Waals surface area contributed by atoms with E-state index in [1.54, 1.807) is 0 Å². The van der Waals surface area contributed by atoms with Crippen LogP contribution < -0.4 is 0 Å². The molecule has 4 aliphatic rings. The molecule has 5 heteroatoms. The summed E-state index contributed by atoms with van der Waals surface area (Å²) >= 11 is 0. The van der Waals surface area contributed by atoms with Crippen molar-refractivity contribution in [2.45, 2.75) is 105 Å². The molecule has 0 amide bonds. The summed E-state index contributed by atoms with van der Waals surface area (Å²) < 4.78 is 2.05. The van der Waals surface area contributed by atoms with Crippen LogP contribution in [-0.4, -0.2) is 26.6 Å². The van der Waals surface area contributed by atoms with Crippen LogP contribution in [0.4, 0.5) is 0 Å². The average molecular weight is 454 g/mol. The van der Waals surface area contributed by atoms with Crippen molar-refractivity contribution >= 4 is 11.6 Å². The second kappa shape index (κ2) is 8.61. The fourth-order valence-electron chi connectivity index (χ4n) is 9.23. The SMILES string of the molecule is C[C@H](Cc1cn(C[C@@H](C)[C@H]2CC[C@H]3C(=O)CCC[C@]23C)nn1)[C@H]1CC[C@H]2C(=O)CCC[C@]12C. The number of hydrogen-bond acceptors (Lipinski definition) is 4. The number of nitrogens with zero attached hydrogens (tertiary/aromatic N) is 3. The molecule has 0 N–H and O–H groups in total. The number of aromatic nitrogens is 3. The van der Waals surface area contributed by atoms with Gasteiger partial charge in [-0.2, -0.15) is 0 Å². The zero-order valence-corrected chi connectivity index (χ0v) is 21.2. The molecule has 5 nitrogen and oxygen atoms in total. The number of hydrogen-bond donors (Lipinski definition) is 0. The second-order valence-corrected chi connectivity index (χ2v) is 12.7. The van der Waals surface area contributed by atoms with Crippen LogP contribution in [0.2, 0.25) is 0 Å². The first-order valence-corrected chi connectivity index (χ1v) is 13.7. The van der Waals surface area contributed by atoms with E-state index in [2.05, 4.69) is 48.9 Å². The van der Waals surface area contributed by atoms with Gasteiger partial charge in [-0.25, -0.2) is 0 Å². The minimum atomic E-state index is 0.179. The molecule has 5 rings (SSSR count). The number of carbonyl (C=O) groups excluding carboxylic acids is 2. The third kappa shape index (κ3) is 3.91. The molecule has 0 saturated heterocycles. The molecule has 33 heavy (non-hydrogen) atoms. The van der Waals surface area contributed by atoms with Gasteiger partial charge >= 0.3 is 0 Å². The summed E-state index contributed by atoms with van der Waals surface area (Å²) in [6.07, 6.45) is 13.7. The summed E-state index contributed by atoms with van der Waals surface area (Å²) in [6, 6.07) is 0. The molecule has 0 spiro atoms. The Kier molecular flexibility index (Phi) is 6.06. The molecule has 1 aromatic heterocycles. The van der Waals surface area contributed by atoms with Gasteiger partial charge in [0, 0.05) is 37.4 Å².